The molecule has 118 valence electrons. The molecule has 3 rings (SSSR count). The van der Waals surface area contributed by atoms with E-state index in [0.717, 1.165) is 6.26 Å². The van der Waals surface area contributed by atoms with E-state index in [1.165, 1.54) is 36.5 Å². The number of benzene rings is 1. The van der Waals surface area contributed by atoms with Crippen molar-refractivity contribution in [1.82, 2.24) is 15.1 Å². The van der Waals surface area contributed by atoms with Gasteiger partial charge in [0.25, 0.3) is 0 Å². The number of halogens is 1. The lowest BCUT2D eigenvalue weighted by Crippen LogP contribution is -2.05. The number of H-pyrrole nitrogens is 1. The molecule has 1 aromatic carbocycles. The fraction of sp³-hybridized carbons (Fsp3) is 0.0714. The Morgan fingerprint density at radius 2 is 1.87 bits per heavy atom. The van der Waals surface area contributed by atoms with Gasteiger partial charge in [-0.25, -0.2) is 32.7 Å². The molecular formula is C14H10FN3O4S. The summed E-state index contributed by atoms with van der Waals surface area (Å²) in [6, 6.07) is 6.67. The van der Waals surface area contributed by atoms with Gasteiger partial charge in [-0.05, 0) is 23.8 Å². The second kappa shape index (κ2) is 5.43. The topological polar surface area (TPSA) is 106 Å². The second-order valence-electron chi connectivity index (χ2n) is 4.75. The molecular weight excluding hydrogens is 325 g/mol. The third-order valence-corrected chi connectivity index (χ3v) is 3.91. The van der Waals surface area contributed by atoms with Crippen LogP contribution in [0.2, 0.25) is 0 Å². The largest absolute Gasteiger partial charge is 0.365 e. The van der Waals surface area contributed by atoms with Crippen LogP contribution in [-0.4, -0.2) is 29.8 Å². The van der Waals surface area contributed by atoms with E-state index >= 15 is 0 Å². The third-order valence-electron chi connectivity index (χ3n) is 3.05. The third kappa shape index (κ3) is 2.90. The molecule has 0 aliphatic rings. The van der Waals surface area contributed by atoms with E-state index in [9.17, 15) is 17.6 Å². The first kappa shape index (κ1) is 15.1. The Balaban J connectivity index is 2.20. The zero-order chi connectivity index (χ0) is 16.6. The van der Waals surface area contributed by atoms with Gasteiger partial charge in [0.1, 0.15) is 11.5 Å². The smallest absolute Gasteiger partial charge is 0.338 e. The van der Waals surface area contributed by atoms with Gasteiger partial charge in [0.05, 0.1) is 11.3 Å². The minimum Gasteiger partial charge on any atom is -0.338 e. The fourth-order valence-electron chi connectivity index (χ4n) is 2.02. The quantitative estimate of drug-likeness (QED) is 0.729. The molecule has 0 saturated carbocycles. The predicted molar refractivity (Wildman–Crippen MR) is 78.9 cm³/mol. The van der Waals surface area contributed by atoms with Gasteiger partial charge in [-0.15, -0.1) is 0 Å². The molecule has 0 aliphatic heterocycles. The molecule has 2 heterocycles. The number of nitrogens with one attached hydrogen (secondary N) is 1. The van der Waals surface area contributed by atoms with Crippen molar-refractivity contribution in [2.45, 2.75) is 5.16 Å². The fourth-order valence-corrected chi connectivity index (χ4v) is 2.54. The van der Waals surface area contributed by atoms with Gasteiger partial charge in [0.2, 0.25) is 15.0 Å². The molecule has 0 unspecified atom stereocenters. The van der Waals surface area contributed by atoms with Gasteiger partial charge in [-0.1, -0.05) is 12.1 Å². The van der Waals surface area contributed by atoms with E-state index in [0.29, 0.717) is 5.56 Å². The molecule has 9 heteroatoms. The van der Waals surface area contributed by atoms with Crippen molar-refractivity contribution in [3.63, 3.8) is 0 Å². The van der Waals surface area contributed by atoms with Crippen LogP contribution in [0.5, 0.6) is 0 Å². The van der Waals surface area contributed by atoms with Gasteiger partial charge in [-0.2, -0.15) is 0 Å². The number of hydrogen-bond acceptors (Lipinski definition) is 6. The van der Waals surface area contributed by atoms with E-state index in [1.54, 1.807) is 0 Å². The van der Waals surface area contributed by atoms with E-state index < -0.39 is 21.3 Å². The van der Waals surface area contributed by atoms with Gasteiger partial charge in [-0.3, -0.25) is 0 Å². The maximum absolute atomic E-state index is 13.0. The monoisotopic (exact) mass is 335 g/mol. The van der Waals surface area contributed by atoms with Crippen LogP contribution < -0.4 is 5.63 Å². The van der Waals surface area contributed by atoms with Crippen molar-refractivity contribution in [3.05, 3.63) is 52.8 Å². The molecule has 7 nitrogen and oxygen atoms in total. The molecule has 0 radical (unpaired) electrons. The summed E-state index contributed by atoms with van der Waals surface area (Å²) >= 11 is 0. The number of rotatable bonds is 3. The summed E-state index contributed by atoms with van der Waals surface area (Å²) < 4.78 is 40.9. The maximum Gasteiger partial charge on any atom is 0.365 e. The highest BCUT2D eigenvalue weighted by Gasteiger charge is 2.19. The molecule has 1 N–H and O–H groups in total. The van der Waals surface area contributed by atoms with Gasteiger partial charge in [0, 0.05) is 12.5 Å². The lowest BCUT2D eigenvalue weighted by molar-refractivity contribution is 0.394. The molecule has 0 aliphatic carbocycles. The van der Waals surface area contributed by atoms with Crippen molar-refractivity contribution < 1.29 is 17.3 Å². The van der Waals surface area contributed by atoms with Crippen molar-refractivity contribution in [1.29, 1.82) is 0 Å². The standard InChI is InChI=1S/C14H10FN3O4S/c1-23(20,21)14-16-7-6-10(17-14)12-11(13(19)22-18-12)8-2-4-9(15)5-3-8/h2-7,18H,1H3. The lowest BCUT2D eigenvalue weighted by atomic mass is 10.0. The first-order valence-electron chi connectivity index (χ1n) is 6.37. The van der Waals surface area contributed by atoms with Gasteiger partial charge >= 0.3 is 5.63 Å². The second-order valence-corrected chi connectivity index (χ2v) is 6.65. The van der Waals surface area contributed by atoms with Gasteiger partial charge in [0.15, 0.2) is 0 Å². The average Bonchev–Trinajstić information content (AvgIpc) is 2.89. The molecule has 2 aromatic heterocycles. The average molecular weight is 335 g/mol. The Kier molecular flexibility index (Phi) is 3.57. The Labute approximate surface area is 129 Å². The zero-order valence-corrected chi connectivity index (χ0v) is 12.6. The SMILES string of the molecule is CS(=O)(=O)c1nccc(-c2[nH]oc(=O)c2-c2ccc(F)cc2)n1. The van der Waals surface area contributed by atoms with E-state index in [4.69, 9.17) is 4.52 Å². The van der Waals surface area contributed by atoms with Gasteiger partial charge < -0.3 is 4.52 Å². The molecule has 0 amide bonds. The van der Waals surface area contributed by atoms with Crippen LogP contribution in [0.25, 0.3) is 22.5 Å². The van der Waals surface area contributed by atoms with Crippen LogP contribution in [0, 0.1) is 5.82 Å². The van der Waals surface area contributed by atoms with Crippen LogP contribution in [0.15, 0.2) is 51.0 Å². The summed E-state index contributed by atoms with van der Waals surface area (Å²) in [4.78, 5) is 19.5. The van der Waals surface area contributed by atoms with Crippen LogP contribution in [0.3, 0.4) is 0 Å². The summed E-state index contributed by atoms with van der Waals surface area (Å²) in [6.45, 7) is 0. The highest BCUT2D eigenvalue weighted by atomic mass is 32.2. The molecule has 3 aromatic rings. The molecule has 0 bridgehead atoms. The minimum atomic E-state index is -3.60. The van der Waals surface area contributed by atoms with Crippen molar-refractivity contribution >= 4 is 9.84 Å². The first-order valence-corrected chi connectivity index (χ1v) is 8.26. The van der Waals surface area contributed by atoms with E-state index in [1.807, 2.05) is 0 Å². The lowest BCUT2D eigenvalue weighted by Gasteiger charge is -2.03. The molecule has 0 atom stereocenters. The molecule has 0 spiro atoms. The first-order chi connectivity index (χ1) is 10.9. The minimum absolute atomic E-state index is 0.128. The zero-order valence-electron chi connectivity index (χ0n) is 11.8. The Morgan fingerprint density at radius 3 is 2.52 bits per heavy atom. The summed E-state index contributed by atoms with van der Waals surface area (Å²) in [7, 11) is -3.60. The summed E-state index contributed by atoms with van der Waals surface area (Å²) in [5, 5.41) is 2.04. The van der Waals surface area contributed by atoms with Crippen molar-refractivity contribution in [3.8, 4) is 22.5 Å². The Hall–Kier alpha value is -2.81. The molecule has 23 heavy (non-hydrogen) atoms. The number of hydrogen-bond donors (Lipinski definition) is 1. The number of sulfone groups is 1. The highest BCUT2D eigenvalue weighted by Crippen LogP contribution is 2.27. The van der Waals surface area contributed by atoms with E-state index in [-0.39, 0.29) is 22.1 Å². The summed E-state index contributed by atoms with van der Waals surface area (Å²) in [5.74, 6) is -0.448. The van der Waals surface area contributed by atoms with Crippen LogP contribution in [0.4, 0.5) is 4.39 Å². The van der Waals surface area contributed by atoms with E-state index in [2.05, 4.69) is 15.1 Å². The van der Waals surface area contributed by atoms with Crippen molar-refractivity contribution in [2.24, 2.45) is 0 Å². The maximum atomic E-state index is 13.0. The Bertz CT molecular complexity index is 1020. The molecule has 0 saturated heterocycles. The summed E-state index contributed by atoms with van der Waals surface area (Å²) in [5.41, 5.74) is 0.227. The number of aromatic amines is 1. The summed E-state index contributed by atoms with van der Waals surface area (Å²) in [6.07, 6.45) is 2.24. The number of aromatic nitrogens is 3. The van der Waals surface area contributed by atoms with Crippen LogP contribution in [-0.2, 0) is 9.84 Å². The Morgan fingerprint density at radius 1 is 1.17 bits per heavy atom. The van der Waals surface area contributed by atoms with Crippen LogP contribution in [0.1, 0.15) is 0 Å². The highest BCUT2D eigenvalue weighted by molar-refractivity contribution is 7.90. The van der Waals surface area contributed by atoms with Crippen molar-refractivity contribution in [2.75, 3.05) is 6.26 Å². The van der Waals surface area contributed by atoms with Crippen LogP contribution >= 0.6 is 0 Å². The predicted octanol–water partition coefficient (Wildman–Crippen LogP) is 1.63. The molecule has 0 fully saturated rings. The normalized spacial score (nSPS) is 11.6. The number of nitrogens with zero attached hydrogens (tertiary/aromatic N) is 2.